The van der Waals surface area contributed by atoms with Crippen LogP contribution in [0.25, 0.3) is 10.9 Å². The second kappa shape index (κ2) is 4.50. The summed E-state index contributed by atoms with van der Waals surface area (Å²) in [6, 6.07) is 4.56. The largest absolute Gasteiger partial charge is 0.508 e. The maximum absolute atomic E-state index is 12.5. The summed E-state index contributed by atoms with van der Waals surface area (Å²) in [5.74, 6) is 0.102. The molecule has 1 unspecified atom stereocenters. The second-order valence-corrected chi connectivity index (χ2v) is 5.93. The molecule has 22 heavy (non-hydrogen) atoms. The molecule has 2 aromatic rings. The first kappa shape index (κ1) is 13.2. The standard InChI is InChI=1S/C16H17N3O3/c1-2-5-18-15(21)14-7-11-10-6-9(20)3-4-12(10)17-13(11)8-19(14)16(18)22/h3-4,6,14,17,20H,2,5,7-8H2,1H3. The van der Waals surface area contributed by atoms with Crippen LogP contribution in [-0.2, 0) is 17.8 Å². The average molecular weight is 299 g/mol. The van der Waals surface area contributed by atoms with Crippen LogP contribution in [0.1, 0.15) is 24.6 Å². The van der Waals surface area contributed by atoms with Crippen molar-refractivity contribution in [3.8, 4) is 5.75 Å². The van der Waals surface area contributed by atoms with Gasteiger partial charge in [-0.1, -0.05) is 6.92 Å². The highest BCUT2D eigenvalue weighted by atomic mass is 16.3. The van der Waals surface area contributed by atoms with E-state index < -0.39 is 6.04 Å². The number of urea groups is 1. The molecule has 0 radical (unpaired) electrons. The molecule has 6 nitrogen and oxygen atoms in total. The number of aromatic hydroxyl groups is 1. The number of H-pyrrole nitrogens is 1. The molecule has 1 saturated heterocycles. The number of carbonyl (C=O) groups is 2. The van der Waals surface area contributed by atoms with Gasteiger partial charge >= 0.3 is 6.03 Å². The first-order chi connectivity index (χ1) is 10.6. The topological polar surface area (TPSA) is 76.6 Å². The van der Waals surface area contributed by atoms with Gasteiger partial charge in [0, 0.05) is 29.6 Å². The minimum atomic E-state index is -0.409. The highest BCUT2D eigenvalue weighted by Gasteiger charge is 2.47. The molecule has 6 heteroatoms. The molecule has 0 spiro atoms. The molecule has 2 N–H and O–H groups in total. The van der Waals surface area contributed by atoms with Crippen molar-refractivity contribution in [3.63, 3.8) is 0 Å². The Morgan fingerprint density at radius 2 is 2.18 bits per heavy atom. The third kappa shape index (κ3) is 1.66. The number of amides is 3. The van der Waals surface area contributed by atoms with Gasteiger partial charge in [0.1, 0.15) is 11.8 Å². The number of benzene rings is 1. The number of nitrogens with one attached hydrogen (secondary N) is 1. The van der Waals surface area contributed by atoms with Crippen molar-refractivity contribution in [1.29, 1.82) is 0 Å². The number of imide groups is 1. The Morgan fingerprint density at radius 3 is 2.95 bits per heavy atom. The van der Waals surface area contributed by atoms with Crippen LogP contribution in [0.2, 0.25) is 0 Å². The first-order valence-corrected chi connectivity index (χ1v) is 7.54. The molecule has 0 aliphatic carbocycles. The molecule has 2 aliphatic rings. The zero-order valence-electron chi connectivity index (χ0n) is 12.3. The number of aromatic nitrogens is 1. The quantitative estimate of drug-likeness (QED) is 0.832. The summed E-state index contributed by atoms with van der Waals surface area (Å²) in [4.78, 5) is 31.2. The van der Waals surface area contributed by atoms with Crippen LogP contribution in [0.5, 0.6) is 5.75 Å². The Hall–Kier alpha value is -2.50. The normalized spacial score (nSPS) is 20.7. The van der Waals surface area contributed by atoms with E-state index in [1.165, 1.54) is 4.90 Å². The predicted octanol–water partition coefficient (Wildman–Crippen LogP) is 1.97. The van der Waals surface area contributed by atoms with Crippen LogP contribution < -0.4 is 0 Å². The molecule has 2 aliphatic heterocycles. The zero-order valence-corrected chi connectivity index (χ0v) is 12.3. The Kier molecular flexibility index (Phi) is 2.69. The van der Waals surface area contributed by atoms with Crippen molar-refractivity contribution >= 4 is 22.8 Å². The average Bonchev–Trinajstić information content (AvgIpc) is 2.96. The SMILES string of the molecule is CCCN1C(=O)C2Cc3c([nH]c4ccc(O)cc34)CN2C1=O. The Balaban J connectivity index is 1.77. The number of hydrogen-bond acceptors (Lipinski definition) is 3. The molecule has 114 valence electrons. The van der Waals surface area contributed by atoms with Crippen LogP contribution in [-0.4, -0.2) is 44.4 Å². The number of phenols is 1. The molecule has 0 saturated carbocycles. The van der Waals surface area contributed by atoms with Crippen LogP contribution in [0.15, 0.2) is 18.2 Å². The van der Waals surface area contributed by atoms with E-state index in [2.05, 4.69) is 4.98 Å². The van der Waals surface area contributed by atoms with Gasteiger partial charge in [0.2, 0.25) is 0 Å². The number of aromatic amines is 1. The second-order valence-electron chi connectivity index (χ2n) is 5.93. The molecule has 0 bridgehead atoms. The summed E-state index contributed by atoms with van der Waals surface area (Å²) in [6.45, 7) is 2.84. The van der Waals surface area contributed by atoms with E-state index in [1.807, 2.05) is 13.0 Å². The summed E-state index contributed by atoms with van der Waals surface area (Å²) < 4.78 is 0. The number of rotatable bonds is 2. The van der Waals surface area contributed by atoms with Crippen molar-refractivity contribution < 1.29 is 14.7 Å². The van der Waals surface area contributed by atoms with E-state index >= 15 is 0 Å². The first-order valence-electron chi connectivity index (χ1n) is 7.54. The maximum Gasteiger partial charge on any atom is 0.327 e. The number of fused-ring (bicyclic) bond motifs is 4. The highest BCUT2D eigenvalue weighted by Crippen LogP contribution is 2.35. The lowest BCUT2D eigenvalue weighted by molar-refractivity contribution is -0.128. The van der Waals surface area contributed by atoms with Crippen molar-refractivity contribution in [2.24, 2.45) is 0 Å². The van der Waals surface area contributed by atoms with Crippen LogP contribution >= 0.6 is 0 Å². The van der Waals surface area contributed by atoms with Gasteiger partial charge in [-0.25, -0.2) is 4.79 Å². The third-order valence-electron chi connectivity index (χ3n) is 4.56. The lowest BCUT2D eigenvalue weighted by atomic mass is 9.97. The van der Waals surface area contributed by atoms with E-state index in [-0.39, 0.29) is 17.7 Å². The van der Waals surface area contributed by atoms with Gasteiger partial charge in [0.05, 0.1) is 6.54 Å². The van der Waals surface area contributed by atoms with Gasteiger partial charge in [0.25, 0.3) is 5.91 Å². The van der Waals surface area contributed by atoms with Crippen LogP contribution in [0.3, 0.4) is 0 Å². The van der Waals surface area contributed by atoms with Crippen LogP contribution in [0.4, 0.5) is 4.79 Å². The fourth-order valence-corrected chi connectivity index (χ4v) is 3.52. The van der Waals surface area contributed by atoms with Crippen LogP contribution in [0, 0.1) is 0 Å². The Labute approximate surface area is 127 Å². The zero-order chi connectivity index (χ0) is 15.4. The fourth-order valence-electron chi connectivity index (χ4n) is 3.52. The van der Waals surface area contributed by atoms with Crippen molar-refractivity contribution in [3.05, 3.63) is 29.5 Å². The number of phenolic OH excluding ortho intramolecular Hbond substituents is 1. The molecular formula is C16H17N3O3. The monoisotopic (exact) mass is 299 g/mol. The van der Waals surface area contributed by atoms with Gasteiger partial charge in [-0.3, -0.25) is 9.69 Å². The molecule has 3 amide bonds. The lowest BCUT2D eigenvalue weighted by Crippen LogP contribution is -2.39. The molecule has 4 rings (SSSR count). The van der Waals surface area contributed by atoms with Gasteiger partial charge in [-0.2, -0.15) is 0 Å². The molecule has 1 aromatic carbocycles. The number of nitrogens with zero attached hydrogens (tertiary/aromatic N) is 2. The van der Waals surface area contributed by atoms with E-state index in [4.69, 9.17) is 0 Å². The summed E-state index contributed by atoms with van der Waals surface area (Å²) in [7, 11) is 0. The lowest BCUT2D eigenvalue weighted by Gasteiger charge is -2.26. The number of hydrogen-bond donors (Lipinski definition) is 2. The third-order valence-corrected chi connectivity index (χ3v) is 4.56. The van der Waals surface area contributed by atoms with Crippen molar-refractivity contribution in [2.75, 3.05) is 6.54 Å². The van der Waals surface area contributed by atoms with Gasteiger partial charge in [-0.15, -0.1) is 0 Å². The summed E-state index contributed by atoms with van der Waals surface area (Å²) in [6.07, 6.45) is 1.27. The predicted molar refractivity (Wildman–Crippen MR) is 80.4 cm³/mol. The highest BCUT2D eigenvalue weighted by molar-refractivity contribution is 6.05. The summed E-state index contributed by atoms with van der Waals surface area (Å²) >= 11 is 0. The molecule has 3 heterocycles. The number of carbonyl (C=O) groups excluding carboxylic acids is 2. The molecular weight excluding hydrogens is 282 g/mol. The van der Waals surface area contributed by atoms with Crippen molar-refractivity contribution in [2.45, 2.75) is 32.4 Å². The molecule has 1 atom stereocenters. The minimum Gasteiger partial charge on any atom is -0.508 e. The summed E-state index contributed by atoms with van der Waals surface area (Å²) in [5, 5.41) is 10.6. The van der Waals surface area contributed by atoms with E-state index in [0.29, 0.717) is 19.5 Å². The Morgan fingerprint density at radius 1 is 1.36 bits per heavy atom. The van der Waals surface area contributed by atoms with E-state index in [9.17, 15) is 14.7 Å². The molecule has 1 aromatic heterocycles. The van der Waals surface area contributed by atoms with Gasteiger partial charge in [0.15, 0.2) is 0 Å². The fraction of sp³-hybridized carbons (Fsp3) is 0.375. The molecule has 1 fully saturated rings. The maximum atomic E-state index is 12.5. The van der Waals surface area contributed by atoms with Gasteiger partial charge in [-0.05, 0) is 30.2 Å². The Bertz CT molecular complexity index is 795. The minimum absolute atomic E-state index is 0.105. The van der Waals surface area contributed by atoms with Crippen molar-refractivity contribution in [1.82, 2.24) is 14.8 Å². The van der Waals surface area contributed by atoms with E-state index in [1.54, 1.807) is 17.0 Å². The summed E-state index contributed by atoms with van der Waals surface area (Å²) in [5.41, 5.74) is 2.91. The van der Waals surface area contributed by atoms with Gasteiger partial charge < -0.3 is 15.0 Å². The smallest absolute Gasteiger partial charge is 0.327 e. The van der Waals surface area contributed by atoms with E-state index in [0.717, 1.165) is 28.6 Å².